The zero-order valence-electron chi connectivity index (χ0n) is 16.4. The topological polar surface area (TPSA) is 20.2 Å². The second kappa shape index (κ2) is 22.7. The van der Waals surface area contributed by atoms with Gasteiger partial charge >= 0.3 is 0 Å². The maximum atomic E-state index is 8.70. The minimum absolute atomic E-state index is 0.347. The van der Waals surface area contributed by atoms with Crippen molar-refractivity contribution in [2.24, 2.45) is 0 Å². The zero-order valence-corrected chi connectivity index (χ0v) is 16.4. The number of hydrogen-bond acceptors (Lipinski definition) is 1. The molecule has 0 aromatic heterocycles. The van der Waals surface area contributed by atoms with Gasteiger partial charge in [-0.25, -0.2) is 0 Å². The average Bonchev–Trinajstić information content (AvgIpc) is 2.63. The number of rotatable bonds is 17. The summed E-state index contributed by atoms with van der Waals surface area (Å²) in [6, 6.07) is 0. The first-order valence-electron chi connectivity index (χ1n) is 10.3. The molecule has 142 valence electrons. The molecule has 0 saturated carbocycles. The third-order valence-electron chi connectivity index (χ3n) is 3.94. The Labute approximate surface area is 156 Å². The van der Waals surface area contributed by atoms with E-state index in [0.717, 1.165) is 38.5 Å². The molecule has 0 atom stereocenters. The van der Waals surface area contributed by atoms with Crippen LogP contribution in [0.15, 0.2) is 60.8 Å². The van der Waals surface area contributed by atoms with E-state index in [4.69, 9.17) is 5.11 Å². The van der Waals surface area contributed by atoms with Gasteiger partial charge < -0.3 is 5.11 Å². The van der Waals surface area contributed by atoms with Crippen molar-refractivity contribution in [1.82, 2.24) is 0 Å². The lowest BCUT2D eigenvalue weighted by atomic mass is 10.1. The molecular weight excluding hydrogens is 304 g/mol. The van der Waals surface area contributed by atoms with Gasteiger partial charge in [0.1, 0.15) is 0 Å². The van der Waals surface area contributed by atoms with Crippen molar-refractivity contribution in [3.8, 4) is 0 Å². The smallest absolute Gasteiger partial charge is 0.0431 e. The Bertz CT molecular complexity index is 385. The molecule has 0 spiro atoms. The molecule has 0 aliphatic rings. The van der Waals surface area contributed by atoms with E-state index in [9.17, 15) is 0 Å². The first-order valence-corrected chi connectivity index (χ1v) is 10.3. The SMILES string of the molecule is CC/C=C\C/C=C\C/C=C\C/C=C\C/C=C\CCCCCCCCO. The van der Waals surface area contributed by atoms with Gasteiger partial charge in [0.25, 0.3) is 0 Å². The summed E-state index contributed by atoms with van der Waals surface area (Å²) in [6.07, 6.45) is 36.3. The summed E-state index contributed by atoms with van der Waals surface area (Å²) >= 11 is 0. The van der Waals surface area contributed by atoms with Crippen LogP contribution in [0.2, 0.25) is 0 Å². The van der Waals surface area contributed by atoms with Gasteiger partial charge in [0, 0.05) is 6.61 Å². The fourth-order valence-electron chi connectivity index (χ4n) is 2.45. The van der Waals surface area contributed by atoms with E-state index in [2.05, 4.69) is 67.7 Å². The molecular formula is C24H40O. The Hall–Kier alpha value is -1.34. The van der Waals surface area contributed by atoms with E-state index in [1.165, 1.54) is 38.5 Å². The largest absolute Gasteiger partial charge is 0.396 e. The van der Waals surface area contributed by atoms with Crippen LogP contribution in [-0.4, -0.2) is 11.7 Å². The minimum Gasteiger partial charge on any atom is -0.396 e. The molecule has 25 heavy (non-hydrogen) atoms. The molecule has 0 amide bonds. The predicted molar refractivity (Wildman–Crippen MR) is 114 cm³/mol. The number of allylic oxidation sites excluding steroid dienone is 10. The van der Waals surface area contributed by atoms with Crippen LogP contribution in [0.4, 0.5) is 0 Å². The summed E-state index contributed by atoms with van der Waals surface area (Å²) < 4.78 is 0. The van der Waals surface area contributed by atoms with Crippen LogP contribution in [0.5, 0.6) is 0 Å². The van der Waals surface area contributed by atoms with Crippen molar-refractivity contribution in [2.45, 2.75) is 84.0 Å². The number of hydrogen-bond donors (Lipinski definition) is 1. The van der Waals surface area contributed by atoms with Crippen molar-refractivity contribution >= 4 is 0 Å². The summed E-state index contributed by atoms with van der Waals surface area (Å²) in [5.41, 5.74) is 0. The molecule has 0 aliphatic carbocycles. The highest BCUT2D eigenvalue weighted by Crippen LogP contribution is 2.07. The molecule has 0 bridgehead atoms. The lowest BCUT2D eigenvalue weighted by Crippen LogP contribution is -1.83. The number of aliphatic hydroxyl groups is 1. The molecule has 0 aliphatic heterocycles. The zero-order chi connectivity index (χ0) is 18.3. The van der Waals surface area contributed by atoms with Crippen molar-refractivity contribution < 1.29 is 5.11 Å². The molecule has 0 saturated heterocycles. The van der Waals surface area contributed by atoms with Gasteiger partial charge in [-0.05, 0) is 51.4 Å². The van der Waals surface area contributed by atoms with Gasteiger partial charge in [0.2, 0.25) is 0 Å². The summed E-state index contributed by atoms with van der Waals surface area (Å²) in [4.78, 5) is 0. The molecule has 0 heterocycles. The normalized spacial score (nSPS) is 12.9. The van der Waals surface area contributed by atoms with Crippen LogP contribution in [0.3, 0.4) is 0 Å². The fraction of sp³-hybridized carbons (Fsp3) is 0.583. The summed E-state index contributed by atoms with van der Waals surface area (Å²) in [6.45, 7) is 2.51. The van der Waals surface area contributed by atoms with E-state index in [-0.39, 0.29) is 0 Å². The Kier molecular flexibility index (Phi) is 21.4. The van der Waals surface area contributed by atoms with Gasteiger partial charge in [0.15, 0.2) is 0 Å². The van der Waals surface area contributed by atoms with Gasteiger partial charge in [-0.15, -0.1) is 0 Å². The molecule has 0 fully saturated rings. The molecule has 1 heteroatoms. The quantitative estimate of drug-likeness (QED) is 0.214. The van der Waals surface area contributed by atoms with Gasteiger partial charge in [-0.2, -0.15) is 0 Å². The second-order valence-corrected chi connectivity index (χ2v) is 6.34. The lowest BCUT2D eigenvalue weighted by Gasteiger charge is -1.98. The molecule has 0 unspecified atom stereocenters. The summed E-state index contributed by atoms with van der Waals surface area (Å²) in [5.74, 6) is 0. The Balaban J connectivity index is 3.36. The van der Waals surface area contributed by atoms with Crippen molar-refractivity contribution in [2.75, 3.05) is 6.61 Å². The summed E-state index contributed by atoms with van der Waals surface area (Å²) in [7, 11) is 0. The maximum Gasteiger partial charge on any atom is 0.0431 e. The summed E-state index contributed by atoms with van der Waals surface area (Å²) in [5, 5.41) is 8.70. The molecule has 0 radical (unpaired) electrons. The Morgan fingerprint density at radius 3 is 1.36 bits per heavy atom. The second-order valence-electron chi connectivity index (χ2n) is 6.34. The standard InChI is InChI=1S/C24H40O/c1-2-3-4-5-6-7-8-9-10-11-12-13-14-15-16-17-18-19-20-21-22-23-24-25/h3-4,6-7,9-10,12-13,15-16,25H,2,5,8,11,14,17-24H2,1H3/b4-3-,7-6-,10-9-,13-12-,16-15-. The highest BCUT2D eigenvalue weighted by Gasteiger charge is 1.89. The highest BCUT2D eigenvalue weighted by molar-refractivity contribution is 5.00. The Morgan fingerprint density at radius 1 is 0.480 bits per heavy atom. The van der Waals surface area contributed by atoms with Crippen LogP contribution in [0.1, 0.15) is 84.0 Å². The van der Waals surface area contributed by atoms with Crippen LogP contribution < -0.4 is 0 Å². The van der Waals surface area contributed by atoms with Crippen molar-refractivity contribution in [1.29, 1.82) is 0 Å². The third kappa shape index (κ3) is 22.7. The highest BCUT2D eigenvalue weighted by atomic mass is 16.2. The minimum atomic E-state index is 0.347. The lowest BCUT2D eigenvalue weighted by molar-refractivity contribution is 0.282. The van der Waals surface area contributed by atoms with Crippen LogP contribution in [-0.2, 0) is 0 Å². The average molecular weight is 345 g/mol. The number of aliphatic hydroxyl groups excluding tert-OH is 1. The van der Waals surface area contributed by atoms with E-state index in [1.54, 1.807) is 0 Å². The third-order valence-corrected chi connectivity index (χ3v) is 3.94. The van der Waals surface area contributed by atoms with Crippen LogP contribution in [0, 0.1) is 0 Å². The van der Waals surface area contributed by atoms with E-state index in [1.807, 2.05) is 0 Å². The van der Waals surface area contributed by atoms with Gasteiger partial charge in [-0.1, -0.05) is 93.4 Å². The van der Waals surface area contributed by atoms with Crippen molar-refractivity contribution in [3.63, 3.8) is 0 Å². The molecule has 0 rings (SSSR count). The number of unbranched alkanes of at least 4 members (excludes halogenated alkanes) is 6. The maximum absolute atomic E-state index is 8.70. The van der Waals surface area contributed by atoms with Crippen LogP contribution in [0.25, 0.3) is 0 Å². The first-order chi connectivity index (χ1) is 12.4. The van der Waals surface area contributed by atoms with E-state index < -0.39 is 0 Å². The van der Waals surface area contributed by atoms with E-state index in [0.29, 0.717) is 6.61 Å². The Morgan fingerprint density at radius 2 is 0.880 bits per heavy atom. The van der Waals surface area contributed by atoms with Gasteiger partial charge in [0.05, 0.1) is 0 Å². The van der Waals surface area contributed by atoms with Crippen LogP contribution >= 0.6 is 0 Å². The fourth-order valence-corrected chi connectivity index (χ4v) is 2.45. The van der Waals surface area contributed by atoms with E-state index >= 15 is 0 Å². The molecule has 1 nitrogen and oxygen atoms in total. The van der Waals surface area contributed by atoms with Crippen molar-refractivity contribution in [3.05, 3.63) is 60.8 Å². The molecule has 0 aromatic carbocycles. The first kappa shape index (κ1) is 23.7. The van der Waals surface area contributed by atoms with Gasteiger partial charge in [-0.3, -0.25) is 0 Å². The monoisotopic (exact) mass is 344 g/mol. The molecule has 0 aromatic rings. The predicted octanol–water partition coefficient (Wildman–Crippen LogP) is 7.46. The molecule has 1 N–H and O–H groups in total.